The van der Waals surface area contributed by atoms with Crippen molar-refractivity contribution in [1.29, 1.82) is 0 Å². The van der Waals surface area contributed by atoms with Gasteiger partial charge in [-0.2, -0.15) is 0 Å². The second kappa shape index (κ2) is 9.53. The number of hydrogen-bond acceptors (Lipinski definition) is 4. The molecule has 146 valence electrons. The highest BCUT2D eigenvalue weighted by Gasteiger charge is 2.23. The Morgan fingerprint density at radius 1 is 1.07 bits per heavy atom. The molecule has 2 rings (SSSR count). The van der Waals surface area contributed by atoms with Crippen molar-refractivity contribution in [3.8, 4) is 16.9 Å². The Hall–Kier alpha value is -2.37. The van der Waals surface area contributed by atoms with Gasteiger partial charge in [0.25, 0.3) is 0 Å². The van der Waals surface area contributed by atoms with Crippen LogP contribution in [0.3, 0.4) is 0 Å². The third-order valence-corrected chi connectivity index (χ3v) is 4.52. The zero-order chi connectivity index (χ0) is 20.0. The maximum atomic E-state index is 12.4. The van der Waals surface area contributed by atoms with E-state index in [2.05, 4.69) is 12.1 Å². The van der Waals surface area contributed by atoms with Crippen molar-refractivity contribution in [2.45, 2.75) is 39.0 Å². The van der Waals surface area contributed by atoms with Crippen molar-refractivity contribution < 1.29 is 14.3 Å². The van der Waals surface area contributed by atoms with Crippen LogP contribution < -0.4 is 10.5 Å². The van der Waals surface area contributed by atoms with E-state index in [0.717, 1.165) is 22.4 Å². The molecule has 0 radical (unpaired) electrons. The molecule has 27 heavy (non-hydrogen) atoms. The number of likely N-dealkylation sites (N-methyl/N-ethyl adjacent to an activating group) is 1. The lowest BCUT2D eigenvalue weighted by Crippen LogP contribution is -2.45. The fourth-order valence-electron chi connectivity index (χ4n) is 2.90. The molecule has 0 aromatic heterocycles. The molecule has 0 heterocycles. The van der Waals surface area contributed by atoms with E-state index in [1.54, 1.807) is 11.9 Å². The SMILES string of the molecule is COCC(N)C(=O)N(C)C(C)c1cccc(-c2ccc(OC(C)C)cc2)c1. The number of nitrogens with two attached hydrogens (primary N) is 1. The van der Waals surface area contributed by atoms with Crippen LogP contribution in [0.1, 0.15) is 32.4 Å². The molecular formula is C22H30N2O3. The Labute approximate surface area is 162 Å². The molecule has 2 N–H and O–H groups in total. The molecule has 5 heteroatoms. The number of methoxy groups -OCH3 is 1. The molecule has 0 bridgehead atoms. The van der Waals surface area contributed by atoms with E-state index >= 15 is 0 Å². The molecule has 2 unspecified atom stereocenters. The summed E-state index contributed by atoms with van der Waals surface area (Å²) >= 11 is 0. The third-order valence-electron chi connectivity index (χ3n) is 4.52. The maximum absolute atomic E-state index is 12.4. The molecule has 1 amide bonds. The van der Waals surface area contributed by atoms with Crippen LogP contribution in [-0.2, 0) is 9.53 Å². The summed E-state index contributed by atoms with van der Waals surface area (Å²) in [5.41, 5.74) is 9.13. The van der Waals surface area contributed by atoms with Gasteiger partial charge in [-0.05, 0) is 55.7 Å². The first-order valence-corrected chi connectivity index (χ1v) is 9.21. The van der Waals surface area contributed by atoms with Gasteiger partial charge in [0.05, 0.1) is 18.8 Å². The van der Waals surface area contributed by atoms with Gasteiger partial charge in [-0.25, -0.2) is 0 Å². The molecule has 5 nitrogen and oxygen atoms in total. The molecular weight excluding hydrogens is 340 g/mol. The first-order chi connectivity index (χ1) is 12.8. The normalized spacial score (nSPS) is 13.3. The topological polar surface area (TPSA) is 64.8 Å². The molecule has 0 fully saturated rings. The number of carbonyl (C=O) groups excluding carboxylic acids is 1. The van der Waals surface area contributed by atoms with Gasteiger partial charge in [-0.15, -0.1) is 0 Å². The second-order valence-corrected chi connectivity index (χ2v) is 7.00. The smallest absolute Gasteiger partial charge is 0.242 e. The standard InChI is InChI=1S/C22H30N2O3/c1-15(2)27-20-11-9-17(10-12-20)19-8-6-7-18(13-19)16(3)24(4)22(25)21(23)14-26-5/h6-13,15-16,21H,14,23H2,1-5H3. The minimum absolute atomic E-state index is 0.0936. The molecule has 0 saturated carbocycles. The predicted molar refractivity (Wildman–Crippen MR) is 109 cm³/mol. The number of nitrogens with zero attached hydrogens (tertiary/aromatic N) is 1. The molecule has 2 aromatic rings. The highest BCUT2D eigenvalue weighted by atomic mass is 16.5. The van der Waals surface area contributed by atoms with E-state index < -0.39 is 6.04 Å². The lowest BCUT2D eigenvalue weighted by Gasteiger charge is -2.28. The average molecular weight is 370 g/mol. The van der Waals surface area contributed by atoms with Gasteiger partial charge >= 0.3 is 0 Å². The Morgan fingerprint density at radius 2 is 1.74 bits per heavy atom. The average Bonchev–Trinajstić information content (AvgIpc) is 2.66. The number of benzene rings is 2. The first-order valence-electron chi connectivity index (χ1n) is 9.21. The van der Waals surface area contributed by atoms with Gasteiger partial charge in [0.2, 0.25) is 5.91 Å². The lowest BCUT2D eigenvalue weighted by molar-refractivity contribution is -0.134. The van der Waals surface area contributed by atoms with Crippen LogP contribution in [0, 0.1) is 0 Å². The van der Waals surface area contributed by atoms with Crippen LogP contribution in [-0.4, -0.2) is 43.7 Å². The summed E-state index contributed by atoms with van der Waals surface area (Å²) in [4.78, 5) is 14.1. The summed E-state index contributed by atoms with van der Waals surface area (Å²) in [5.74, 6) is 0.723. The number of ether oxygens (including phenoxy) is 2. The van der Waals surface area contributed by atoms with Crippen molar-refractivity contribution in [3.05, 3.63) is 54.1 Å². The van der Waals surface area contributed by atoms with E-state index in [-0.39, 0.29) is 24.7 Å². The Balaban J connectivity index is 2.17. The van der Waals surface area contributed by atoms with Crippen molar-refractivity contribution in [1.82, 2.24) is 4.90 Å². The van der Waals surface area contributed by atoms with Crippen LogP contribution in [0.25, 0.3) is 11.1 Å². The van der Waals surface area contributed by atoms with E-state index in [0.29, 0.717) is 0 Å². The zero-order valence-corrected chi connectivity index (χ0v) is 16.8. The summed E-state index contributed by atoms with van der Waals surface area (Å²) in [7, 11) is 3.31. The van der Waals surface area contributed by atoms with Gasteiger partial charge < -0.3 is 20.1 Å². The van der Waals surface area contributed by atoms with Crippen molar-refractivity contribution in [3.63, 3.8) is 0 Å². The molecule has 0 spiro atoms. The lowest BCUT2D eigenvalue weighted by atomic mass is 9.99. The maximum Gasteiger partial charge on any atom is 0.242 e. The number of amides is 1. The molecule has 0 saturated heterocycles. The quantitative estimate of drug-likeness (QED) is 0.771. The number of hydrogen-bond donors (Lipinski definition) is 1. The largest absolute Gasteiger partial charge is 0.491 e. The van der Waals surface area contributed by atoms with Gasteiger partial charge in [0.1, 0.15) is 11.8 Å². The van der Waals surface area contributed by atoms with Gasteiger partial charge in [0.15, 0.2) is 0 Å². The summed E-state index contributed by atoms with van der Waals surface area (Å²) in [6, 6.07) is 15.5. The monoisotopic (exact) mass is 370 g/mol. The molecule has 0 aliphatic rings. The predicted octanol–water partition coefficient (Wildman–Crippen LogP) is 3.63. The second-order valence-electron chi connectivity index (χ2n) is 7.00. The minimum atomic E-state index is -0.654. The zero-order valence-electron chi connectivity index (χ0n) is 16.8. The van der Waals surface area contributed by atoms with Gasteiger partial charge in [0, 0.05) is 14.2 Å². The minimum Gasteiger partial charge on any atom is -0.491 e. The van der Waals surface area contributed by atoms with Crippen LogP contribution in [0.15, 0.2) is 48.5 Å². The van der Waals surface area contributed by atoms with Crippen LogP contribution in [0.4, 0.5) is 0 Å². The first kappa shape index (κ1) is 20.9. The summed E-state index contributed by atoms with van der Waals surface area (Å²) in [6.45, 7) is 6.22. The highest BCUT2D eigenvalue weighted by Crippen LogP contribution is 2.27. The van der Waals surface area contributed by atoms with Crippen LogP contribution in [0.5, 0.6) is 5.75 Å². The third kappa shape index (κ3) is 5.55. The molecule has 0 aliphatic carbocycles. The van der Waals surface area contributed by atoms with E-state index in [9.17, 15) is 4.79 Å². The molecule has 2 atom stereocenters. The highest BCUT2D eigenvalue weighted by molar-refractivity contribution is 5.82. The number of carbonyl (C=O) groups is 1. The van der Waals surface area contributed by atoms with Crippen molar-refractivity contribution in [2.75, 3.05) is 20.8 Å². The van der Waals surface area contributed by atoms with Crippen LogP contribution in [0.2, 0.25) is 0 Å². The van der Waals surface area contributed by atoms with Crippen molar-refractivity contribution >= 4 is 5.91 Å². The van der Waals surface area contributed by atoms with Crippen LogP contribution >= 0.6 is 0 Å². The van der Waals surface area contributed by atoms with E-state index in [1.165, 1.54) is 7.11 Å². The molecule has 2 aromatic carbocycles. The number of rotatable bonds is 8. The van der Waals surface area contributed by atoms with Gasteiger partial charge in [-0.3, -0.25) is 4.79 Å². The fourth-order valence-corrected chi connectivity index (χ4v) is 2.90. The Morgan fingerprint density at radius 3 is 2.33 bits per heavy atom. The Bertz CT molecular complexity index is 743. The summed E-state index contributed by atoms with van der Waals surface area (Å²) in [5, 5.41) is 0. The summed E-state index contributed by atoms with van der Waals surface area (Å²) < 4.78 is 10.7. The van der Waals surface area contributed by atoms with Crippen molar-refractivity contribution in [2.24, 2.45) is 5.73 Å². The van der Waals surface area contributed by atoms with E-state index in [4.69, 9.17) is 15.2 Å². The van der Waals surface area contributed by atoms with E-state index in [1.807, 2.05) is 57.2 Å². The van der Waals surface area contributed by atoms with Gasteiger partial charge in [-0.1, -0.05) is 30.3 Å². The molecule has 0 aliphatic heterocycles. The summed E-state index contributed by atoms with van der Waals surface area (Å²) in [6.07, 6.45) is 0.151. The Kier molecular flexibility index (Phi) is 7.39. The fraction of sp³-hybridized carbons (Fsp3) is 0.409.